The summed E-state index contributed by atoms with van der Waals surface area (Å²) in [6.45, 7) is 0.639. The van der Waals surface area contributed by atoms with Gasteiger partial charge in [-0.25, -0.2) is 4.39 Å². The molecule has 0 amide bonds. The van der Waals surface area contributed by atoms with Crippen molar-refractivity contribution in [2.24, 2.45) is 7.05 Å². The number of halogens is 1. The quantitative estimate of drug-likeness (QED) is 0.832. The molecule has 0 aliphatic heterocycles. The third-order valence-corrected chi connectivity index (χ3v) is 2.22. The minimum absolute atomic E-state index is 0.231. The van der Waals surface area contributed by atoms with E-state index in [0.29, 0.717) is 6.54 Å². The van der Waals surface area contributed by atoms with Crippen molar-refractivity contribution in [3.63, 3.8) is 0 Å². The van der Waals surface area contributed by atoms with Crippen LogP contribution in [0, 0.1) is 5.82 Å². The highest BCUT2D eigenvalue weighted by atomic mass is 19.1. The summed E-state index contributed by atoms with van der Waals surface area (Å²) in [6, 6.07) is 8.33. The molecule has 1 aromatic heterocycles. The molecule has 1 N–H and O–H groups in total. The first-order valence-corrected chi connectivity index (χ1v) is 4.72. The molecule has 2 aromatic rings. The Hall–Kier alpha value is -1.84. The number of nitrogens with one attached hydrogen (secondary N) is 1. The smallest absolute Gasteiger partial charge is 0.125 e. The van der Waals surface area contributed by atoms with Gasteiger partial charge in [0.1, 0.15) is 5.82 Å². The van der Waals surface area contributed by atoms with Crippen LogP contribution >= 0.6 is 0 Å². The third-order valence-electron chi connectivity index (χ3n) is 2.22. The lowest BCUT2D eigenvalue weighted by Gasteiger charge is -2.06. The van der Waals surface area contributed by atoms with Gasteiger partial charge in [0.05, 0.1) is 12.2 Å². The number of nitrogens with zero attached hydrogens (tertiary/aromatic N) is 2. The van der Waals surface area contributed by atoms with Crippen LogP contribution in [0.25, 0.3) is 0 Å². The van der Waals surface area contributed by atoms with Gasteiger partial charge in [0.15, 0.2) is 0 Å². The van der Waals surface area contributed by atoms with Crippen molar-refractivity contribution in [3.8, 4) is 0 Å². The Labute approximate surface area is 87.5 Å². The van der Waals surface area contributed by atoms with Gasteiger partial charge < -0.3 is 5.32 Å². The van der Waals surface area contributed by atoms with E-state index >= 15 is 0 Å². The molecule has 0 saturated heterocycles. The van der Waals surface area contributed by atoms with Gasteiger partial charge in [-0.3, -0.25) is 4.68 Å². The fourth-order valence-corrected chi connectivity index (χ4v) is 1.37. The summed E-state index contributed by atoms with van der Waals surface area (Å²) in [6.07, 6.45) is 1.74. The largest absolute Gasteiger partial charge is 0.379 e. The first-order valence-electron chi connectivity index (χ1n) is 4.72. The summed E-state index contributed by atoms with van der Waals surface area (Å²) in [7, 11) is 1.88. The van der Waals surface area contributed by atoms with Crippen molar-refractivity contribution in [2.45, 2.75) is 6.54 Å². The molecule has 0 unspecified atom stereocenters. The molecule has 0 bridgehead atoms. The Kier molecular flexibility index (Phi) is 2.67. The molecule has 0 aliphatic carbocycles. The van der Waals surface area contributed by atoms with E-state index in [-0.39, 0.29) is 5.82 Å². The number of aromatic nitrogens is 2. The highest BCUT2D eigenvalue weighted by molar-refractivity contribution is 5.43. The number of hydrogen-bond donors (Lipinski definition) is 1. The second-order valence-electron chi connectivity index (χ2n) is 3.31. The van der Waals surface area contributed by atoms with Gasteiger partial charge in [-0.05, 0) is 24.3 Å². The minimum Gasteiger partial charge on any atom is -0.379 e. The molecule has 0 saturated carbocycles. The summed E-state index contributed by atoms with van der Waals surface area (Å²) in [5.74, 6) is -0.231. The third kappa shape index (κ3) is 2.34. The van der Waals surface area contributed by atoms with Gasteiger partial charge in [0, 0.05) is 18.9 Å². The minimum atomic E-state index is -0.231. The van der Waals surface area contributed by atoms with Crippen LogP contribution in [0.2, 0.25) is 0 Å². The normalized spacial score (nSPS) is 10.3. The molecule has 4 heteroatoms. The molecule has 3 nitrogen and oxygen atoms in total. The lowest BCUT2D eigenvalue weighted by Crippen LogP contribution is -2.05. The Morgan fingerprint density at radius 3 is 2.93 bits per heavy atom. The van der Waals surface area contributed by atoms with Crippen molar-refractivity contribution in [1.82, 2.24) is 9.78 Å². The summed E-state index contributed by atoms with van der Waals surface area (Å²) < 4.78 is 14.6. The maximum Gasteiger partial charge on any atom is 0.125 e. The predicted molar refractivity (Wildman–Crippen MR) is 56.9 cm³/mol. The van der Waals surface area contributed by atoms with E-state index in [1.165, 1.54) is 12.1 Å². The number of benzene rings is 1. The molecule has 2 rings (SSSR count). The number of rotatable bonds is 3. The molecule has 0 fully saturated rings. The van der Waals surface area contributed by atoms with Gasteiger partial charge in [0.25, 0.3) is 0 Å². The van der Waals surface area contributed by atoms with E-state index in [1.807, 2.05) is 19.2 Å². The topological polar surface area (TPSA) is 29.9 Å². The average Bonchev–Trinajstić information content (AvgIpc) is 2.61. The fourth-order valence-electron chi connectivity index (χ4n) is 1.37. The zero-order valence-electron chi connectivity index (χ0n) is 8.44. The van der Waals surface area contributed by atoms with Crippen molar-refractivity contribution in [2.75, 3.05) is 5.32 Å². The summed E-state index contributed by atoms with van der Waals surface area (Å²) in [4.78, 5) is 0. The lowest BCUT2D eigenvalue weighted by atomic mass is 10.3. The molecule has 1 heterocycles. The van der Waals surface area contributed by atoms with Crippen molar-refractivity contribution >= 4 is 5.69 Å². The standard InChI is InChI=1S/C11H12FN3/c1-15-11(5-6-14-15)8-13-10-4-2-3-9(12)7-10/h2-7,13H,8H2,1H3. The monoisotopic (exact) mass is 205 g/mol. The number of aryl methyl sites for hydroxylation is 1. The molecule has 0 atom stereocenters. The van der Waals surface area contributed by atoms with Crippen LogP contribution in [0.5, 0.6) is 0 Å². The molecule has 0 aliphatic rings. The first-order chi connectivity index (χ1) is 7.25. The fraction of sp³-hybridized carbons (Fsp3) is 0.182. The van der Waals surface area contributed by atoms with E-state index in [1.54, 1.807) is 16.9 Å². The molecule has 1 aromatic carbocycles. The Balaban J connectivity index is 2.02. The number of anilines is 1. The van der Waals surface area contributed by atoms with Crippen LogP contribution < -0.4 is 5.32 Å². The van der Waals surface area contributed by atoms with Crippen LogP contribution in [0.4, 0.5) is 10.1 Å². The summed E-state index contributed by atoms with van der Waals surface area (Å²) in [5, 5.41) is 7.18. The van der Waals surface area contributed by atoms with Gasteiger partial charge in [0.2, 0.25) is 0 Å². The van der Waals surface area contributed by atoms with E-state index in [9.17, 15) is 4.39 Å². The van der Waals surface area contributed by atoms with Gasteiger partial charge in [-0.2, -0.15) is 5.10 Å². The van der Waals surface area contributed by atoms with Crippen molar-refractivity contribution < 1.29 is 4.39 Å². The Bertz CT molecular complexity index is 451. The van der Waals surface area contributed by atoms with Gasteiger partial charge in [-0.15, -0.1) is 0 Å². The van der Waals surface area contributed by atoms with Crippen molar-refractivity contribution in [3.05, 3.63) is 48.0 Å². The predicted octanol–water partition coefficient (Wildman–Crippen LogP) is 2.17. The second kappa shape index (κ2) is 4.13. The van der Waals surface area contributed by atoms with E-state index in [4.69, 9.17) is 0 Å². The molecule has 78 valence electrons. The van der Waals surface area contributed by atoms with E-state index < -0.39 is 0 Å². The lowest BCUT2D eigenvalue weighted by molar-refractivity contribution is 0.628. The maximum absolute atomic E-state index is 12.9. The summed E-state index contributed by atoms with van der Waals surface area (Å²) in [5.41, 5.74) is 1.83. The van der Waals surface area contributed by atoms with Crippen LogP contribution in [0.15, 0.2) is 36.5 Å². The van der Waals surface area contributed by atoms with Crippen molar-refractivity contribution in [1.29, 1.82) is 0 Å². The molecule has 15 heavy (non-hydrogen) atoms. The van der Waals surface area contributed by atoms with Gasteiger partial charge in [-0.1, -0.05) is 6.07 Å². The van der Waals surface area contributed by atoms with Crippen LogP contribution in [-0.4, -0.2) is 9.78 Å². The first kappa shape index (κ1) is 9.71. The second-order valence-corrected chi connectivity index (χ2v) is 3.31. The molecule has 0 spiro atoms. The SMILES string of the molecule is Cn1nccc1CNc1cccc(F)c1. The van der Waals surface area contributed by atoms with Crippen LogP contribution in [0.3, 0.4) is 0 Å². The van der Waals surface area contributed by atoms with Gasteiger partial charge >= 0.3 is 0 Å². The zero-order valence-corrected chi connectivity index (χ0v) is 8.44. The highest BCUT2D eigenvalue weighted by Gasteiger charge is 1.98. The maximum atomic E-state index is 12.9. The average molecular weight is 205 g/mol. The van der Waals surface area contributed by atoms with Crippen LogP contribution in [-0.2, 0) is 13.6 Å². The zero-order chi connectivity index (χ0) is 10.7. The molecular formula is C11H12FN3. The Morgan fingerprint density at radius 2 is 2.27 bits per heavy atom. The number of hydrogen-bond acceptors (Lipinski definition) is 2. The van der Waals surface area contributed by atoms with Crippen LogP contribution in [0.1, 0.15) is 5.69 Å². The Morgan fingerprint density at radius 1 is 1.40 bits per heavy atom. The summed E-state index contributed by atoms with van der Waals surface area (Å²) >= 11 is 0. The van der Waals surface area contributed by atoms with E-state index in [2.05, 4.69) is 10.4 Å². The highest BCUT2D eigenvalue weighted by Crippen LogP contribution is 2.10. The molecule has 0 radical (unpaired) electrons. The van der Waals surface area contributed by atoms with E-state index in [0.717, 1.165) is 11.4 Å². The molecular weight excluding hydrogens is 193 g/mol.